The molecule has 2 rings (SSSR count). The van der Waals surface area contributed by atoms with Gasteiger partial charge in [0.15, 0.2) is 0 Å². The molecule has 0 saturated carbocycles. The van der Waals surface area contributed by atoms with Crippen molar-refractivity contribution in [3.05, 3.63) is 53.3 Å². The van der Waals surface area contributed by atoms with Crippen molar-refractivity contribution < 1.29 is 14.6 Å². The molecule has 0 aliphatic carbocycles. The summed E-state index contributed by atoms with van der Waals surface area (Å²) in [5, 5.41) is 9.16. The van der Waals surface area contributed by atoms with Crippen molar-refractivity contribution in [3.8, 4) is 11.5 Å². The van der Waals surface area contributed by atoms with Gasteiger partial charge in [0, 0.05) is 18.0 Å². The third kappa shape index (κ3) is 3.15. The van der Waals surface area contributed by atoms with Crippen molar-refractivity contribution in [3.63, 3.8) is 0 Å². The van der Waals surface area contributed by atoms with Gasteiger partial charge in [-0.1, -0.05) is 26.0 Å². The van der Waals surface area contributed by atoms with Crippen LogP contribution in [0.1, 0.15) is 41.4 Å². The van der Waals surface area contributed by atoms with Gasteiger partial charge >= 0.3 is 5.97 Å². The minimum atomic E-state index is -1.05. The second-order valence-corrected chi connectivity index (χ2v) is 4.96. The topological polar surface area (TPSA) is 59.4 Å². The zero-order valence-electron chi connectivity index (χ0n) is 11.8. The summed E-state index contributed by atoms with van der Waals surface area (Å²) in [6.07, 6.45) is 1.32. The fourth-order valence-corrected chi connectivity index (χ4v) is 1.84. The monoisotopic (exact) mass is 271 g/mol. The first-order valence-corrected chi connectivity index (χ1v) is 6.45. The van der Waals surface area contributed by atoms with Crippen LogP contribution in [0.4, 0.5) is 0 Å². The van der Waals surface area contributed by atoms with Crippen molar-refractivity contribution in [2.75, 3.05) is 0 Å². The second kappa shape index (κ2) is 5.74. The van der Waals surface area contributed by atoms with E-state index in [0.29, 0.717) is 23.1 Å². The zero-order valence-corrected chi connectivity index (χ0v) is 11.8. The van der Waals surface area contributed by atoms with Crippen LogP contribution in [-0.2, 0) is 0 Å². The number of aromatic nitrogens is 1. The number of ether oxygens (including phenoxy) is 1. The van der Waals surface area contributed by atoms with Crippen LogP contribution in [-0.4, -0.2) is 16.1 Å². The number of benzene rings is 1. The first-order valence-electron chi connectivity index (χ1n) is 6.45. The third-order valence-corrected chi connectivity index (χ3v) is 2.99. The van der Waals surface area contributed by atoms with E-state index in [1.165, 1.54) is 6.20 Å². The minimum Gasteiger partial charge on any atom is -0.477 e. The molecule has 0 unspecified atom stereocenters. The molecule has 0 amide bonds. The number of hydrogen-bond acceptors (Lipinski definition) is 3. The molecule has 0 bridgehead atoms. The number of pyridine rings is 1. The lowest BCUT2D eigenvalue weighted by atomic mass is 10.0. The Morgan fingerprint density at radius 2 is 2.05 bits per heavy atom. The standard InChI is InChI=1S/C16H17NO3/c1-10(2)12-5-4-6-13(8-12)20-15-7-11(3)17-9-14(15)16(18)19/h4-10H,1-3H3,(H,18,19). The summed E-state index contributed by atoms with van der Waals surface area (Å²) < 4.78 is 5.72. The predicted molar refractivity (Wildman–Crippen MR) is 76.5 cm³/mol. The average molecular weight is 271 g/mol. The van der Waals surface area contributed by atoms with Gasteiger partial charge in [0.1, 0.15) is 17.1 Å². The van der Waals surface area contributed by atoms with E-state index in [2.05, 4.69) is 18.8 Å². The first-order chi connectivity index (χ1) is 9.47. The highest BCUT2D eigenvalue weighted by atomic mass is 16.5. The van der Waals surface area contributed by atoms with Crippen LogP contribution < -0.4 is 4.74 Å². The number of nitrogens with zero attached hydrogens (tertiary/aromatic N) is 1. The van der Waals surface area contributed by atoms with Crippen LogP contribution >= 0.6 is 0 Å². The van der Waals surface area contributed by atoms with E-state index in [9.17, 15) is 4.79 Å². The molecular weight excluding hydrogens is 254 g/mol. The molecule has 1 heterocycles. The van der Waals surface area contributed by atoms with E-state index in [1.54, 1.807) is 13.0 Å². The van der Waals surface area contributed by atoms with E-state index in [-0.39, 0.29) is 5.56 Å². The van der Waals surface area contributed by atoms with Gasteiger partial charge in [-0.3, -0.25) is 4.98 Å². The number of carbonyl (C=O) groups is 1. The smallest absolute Gasteiger partial charge is 0.341 e. The molecule has 2 aromatic rings. The molecule has 4 nitrogen and oxygen atoms in total. The first kappa shape index (κ1) is 14.1. The van der Waals surface area contributed by atoms with Gasteiger partial charge in [-0.25, -0.2) is 4.79 Å². The van der Waals surface area contributed by atoms with Gasteiger partial charge in [-0.15, -0.1) is 0 Å². The Bertz CT molecular complexity index is 635. The molecule has 0 fully saturated rings. The van der Waals surface area contributed by atoms with Crippen LogP contribution in [0.15, 0.2) is 36.5 Å². The van der Waals surface area contributed by atoms with E-state index < -0.39 is 5.97 Å². The summed E-state index contributed by atoms with van der Waals surface area (Å²) in [5.74, 6) is 0.277. The number of aryl methyl sites for hydroxylation is 1. The third-order valence-electron chi connectivity index (χ3n) is 2.99. The van der Waals surface area contributed by atoms with Gasteiger partial charge in [0.05, 0.1) is 0 Å². The summed E-state index contributed by atoms with van der Waals surface area (Å²) in [5.41, 5.74) is 1.92. The van der Waals surface area contributed by atoms with Crippen molar-refractivity contribution >= 4 is 5.97 Å². The predicted octanol–water partition coefficient (Wildman–Crippen LogP) is 4.00. The van der Waals surface area contributed by atoms with Gasteiger partial charge in [-0.2, -0.15) is 0 Å². The van der Waals surface area contributed by atoms with Crippen LogP contribution in [0.2, 0.25) is 0 Å². The molecule has 0 aliphatic rings. The molecule has 1 aromatic carbocycles. The molecule has 20 heavy (non-hydrogen) atoms. The fraction of sp³-hybridized carbons (Fsp3) is 0.250. The highest BCUT2D eigenvalue weighted by Crippen LogP contribution is 2.28. The largest absolute Gasteiger partial charge is 0.477 e. The summed E-state index contributed by atoms with van der Waals surface area (Å²) in [7, 11) is 0. The SMILES string of the molecule is Cc1cc(Oc2cccc(C(C)C)c2)c(C(=O)O)cn1. The Hall–Kier alpha value is -2.36. The van der Waals surface area contributed by atoms with Crippen LogP contribution in [0.25, 0.3) is 0 Å². The fourth-order valence-electron chi connectivity index (χ4n) is 1.84. The molecule has 0 saturated heterocycles. The lowest BCUT2D eigenvalue weighted by molar-refractivity contribution is 0.0693. The van der Waals surface area contributed by atoms with Crippen molar-refractivity contribution in [1.29, 1.82) is 0 Å². The van der Waals surface area contributed by atoms with E-state index in [4.69, 9.17) is 9.84 Å². The maximum atomic E-state index is 11.2. The number of rotatable bonds is 4. The Morgan fingerprint density at radius 3 is 2.70 bits per heavy atom. The summed E-state index contributed by atoms with van der Waals surface area (Å²) >= 11 is 0. The molecule has 0 radical (unpaired) electrons. The van der Waals surface area contributed by atoms with Crippen LogP contribution in [0.3, 0.4) is 0 Å². The van der Waals surface area contributed by atoms with Crippen molar-refractivity contribution in [2.24, 2.45) is 0 Å². The maximum Gasteiger partial charge on any atom is 0.341 e. The summed E-state index contributed by atoms with van der Waals surface area (Å²) in [6.45, 7) is 5.99. The zero-order chi connectivity index (χ0) is 14.7. The molecule has 0 aliphatic heterocycles. The molecule has 0 atom stereocenters. The van der Waals surface area contributed by atoms with Crippen molar-refractivity contribution in [1.82, 2.24) is 4.98 Å². The van der Waals surface area contributed by atoms with E-state index in [0.717, 1.165) is 5.56 Å². The Balaban J connectivity index is 2.36. The Morgan fingerprint density at radius 1 is 1.30 bits per heavy atom. The summed E-state index contributed by atoms with van der Waals surface area (Å²) in [4.78, 5) is 15.2. The van der Waals surface area contributed by atoms with E-state index >= 15 is 0 Å². The van der Waals surface area contributed by atoms with Gasteiger partial charge in [0.2, 0.25) is 0 Å². The molecule has 1 N–H and O–H groups in total. The maximum absolute atomic E-state index is 11.2. The number of carboxylic acid groups (broad SMARTS) is 1. The van der Waals surface area contributed by atoms with Crippen LogP contribution in [0, 0.1) is 6.92 Å². The molecular formula is C16H17NO3. The van der Waals surface area contributed by atoms with Crippen LogP contribution in [0.5, 0.6) is 11.5 Å². The highest BCUT2D eigenvalue weighted by molar-refractivity contribution is 5.90. The number of hydrogen-bond donors (Lipinski definition) is 1. The normalized spacial score (nSPS) is 10.6. The van der Waals surface area contributed by atoms with Gasteiger partial charge in [-0.05, 0) is 30.5 Å². The molecule has 104 valence electrons. The number of carboxylic acids is 1. The van der Waals surface area contributed by atoms with Gasteiger partial charge in [0.25, 0.3) is 0 Å². The summed E-state index contributed by atoms with van der Waals surface area (Å²) in [6, 6.07) is 9.29. The Kier molecular flexibility index (Phi) is 4.03. The minimum absolute atomic E-state index is 0.0607. The lowest BCUT2D eigenvalue weighted by Gasteiger charge is -2.11. The average Bonchev–Trinajstić information content (AvgIpc) is 2.38. The number of aromatic carboxylic acids is 1. The highest BCUT2D eigenvalue weighted by Gasteiger charge is 2.13. The molecule has 4 heteroatoms. The molecule has 0 spiro atoms. The quantitative estimate of drug-likeness (QED) is 0.912. The van der Waals surface area contributed by atoms with E-state index in [1.807, 2.05) is 24.3 Å². The molecule has 1 aromatic heterocycles. The Labute approximate surface area is 118 Å². The second-order valence-electron chi connectivity index (χ2n) is 4.96. The lowest BCUT2D eigenvalue weighted by Crippen LogP contribution is -2.02. The van der Waals surface area contributed by atoms with Gasteiger partial charge < -0.3 is 9.84 Å². The van der Waals surface area contributed by atoms with Crippen molar-refractivity contribution in [2.45, 2.75) is 26.7 Å².